The van der Waals surface area contributed by atoms with Crippen LogP contribution in [-0.4, -0.2) is 61.8 Å². The molecule has 5 heterocycles. The zero-order valence-electron chi connectivity index (χ0n) is 17.1. The van der Waals surface area contributed by atoms with Crippen LogP contribution in [0.5, 0.6) is 0 Å². The summed E-state index contributed by atoms with van der Waals surface area (Å²) in [5.41, 5.74) is 0.859. The van der Waals surface area contributed by atoms with Crippen molar-refractivity contribution in [1.82, 2.24) is 34.8 Å². The van der Waals surface area contributed by atoms with Crippen molar-refractivity contribution in [2.75, 3.05) is 29.9 Å². The molecule has 5 rings (SSSR count). The summed E-state index contributed by atoms with van der Waals surface area (Å²) < 4.78 is 3.67. The number of hydrogen-bond donors (Lipinski definition) is 3. The van der Waals surface area contributed by atoms with Crippen LogP contribution in [0.15, 0.2) is 30.9 Å². The fourth-order valence-electron chi connectivity index (χ4n) is 4.29. The van der Waals surface area contributed by atoms with Crippen LogP contribution in [0.1, 0.15) is 25.7 Å². The van der Waals surface area contributed by atoms with Gasteiger partial charge >= 0.3 is 0 Å². The number of rotatable bonds is 5. The number of imidazole rings is 1. The van der Waals surface area contributed by atoms with Crippen LogP contribution in [0.2, 0.25) is 0 Å². The van der Waals surface area contributed by atoms with Gasteiger partial charge in [-0.1, -0.05) is 0 Å². The highest BCUT2D eigenvalue weighted by atomic mass is 16.2. The minimum Gasteiger partial charge on any atom is -0.350 e. The van der Waals surface area contributed by atoms with Gasteiger partial charge in [-0.15, -0.1) is 5.10 Å². The molecule has 2 aliphatic heterocycles. The van der Waals surface area contributed by atoms with Crippen molar-refractivity contribution < 1.29 is 4.79 Å². The van der Waals surface area contributed by atoms with Crippen molar-refractivity contribution in [2.45, 2.75) is 37.8 Å². The highest BCUT2D eigenvalue weighted by Gasteiger charge is 2.34. The van der Waals surface area contributed by atoms with Crippen LogP contribution in [0, 0.1) is 0 Å². The Morgan fingerprint density at radius 2 is 2.23 bits per heavy atom. The van der Waals surface area contributed by atoms with E-state index in [4.69, 9.17) is 4.98 Å². The maximum atomic E-state index is 13.0. The molecule has 2 fully saturated rings. The molecule has 10 heteroatoms. The van der Waals surface area contributed by atoms with Gasteiger partial charge in [-0.05, 0) is 44.4 Å². The monoisotopic (exact) mass is 409 g/mol. The Kier molecular flexibility index (Phi) is 4.99. The smallest absolute Gasteiger partial charge is 0.246 e. The van der Waals surface area contributed by atoms with Gasteiger partial charge < -0.3 is 25.4 Å². The third-order valence-electron chi connectivity index (χ3n) is 5.79. The number of aromatic nitrogens is 5. The van der Waals surface area contributed by atoms with Gasteiger partial charge in [0.25, 0.3) is 0 Å². The van der Waals surface area contributed by atoms with Gasteiger partial charge in [0.1, 0.15) is 17.4 Å². The molecule has 10 nitrogen and oxygen atoms in total. The minimum atomic E-state index is -0.248. The molecular formula is C20H27N9O. The lowest BCUT2D eigenvalue weighted by Gasteiger charge is -2.28. The summed E-state index contributed by atoms with van der Waals surface area (Å²) in [5, 5.41) is 14.5. The predicted molar refractivity (Wildman–Crippen MR) is 114 cm³/mol. The van der Waals surface area contributed by atoms with E-state index in [1.165, 1.54) is 0 Å². The number of piperidine rings is 1. The Hall–Kier alpha value is -3.14. The first-order valence-corrected chi connectivity index (χ1v) is 10.6. The number of nitrogens with zero attached hydrogens (tertiary/aromatic N) is 6. The number of fused-ring (bicyclic) bond motifs is 1. The van der Waals surface area contributed by atoms with Crippen LogP contribution >= 0.6 is 0 Å². The number of amides is 1. The topological polar surface area (TPSA) is 104 Å². The molecule has 158 valence electrons. The van der Waals surface area contributed by atoms with Gasteiger partial charge in [0.15, 0.2) is 5.82 Å². The molecule has 0 saturated carbocycles. The molecule has 0 aromatic carbocycles. The number of hydrogen-bond acceptors (Lipinski definition) is 7. The molecule has 3 aromatic rings. The van der Waals surface area contributed by atoms with E-state index in [-0.39, 0.29) is 18.0 Å². The minimum absolute atomic E-state index is 0.0663. The lowest BCUT2D eigenvalue weighted by molar-refractivity contribution is -0.123. The number of aryl methyl sites for hydroxylation is 1. The van der Waals surface area contributed by atoms with E-state index in [2.05, 4.69) is 26.0 Å². The SMILES string of the molecule is Cn1cnc(Nc2nc(N3CCCC3C(=O)N[C@@H]3CCCNC3)nn3cccc23)c1. The van der Waals surface area contributed by atoms with E-state index >= 15 is 0 Å². The molecule has 30 heavy (non-hydrogen) atoms. The summed E-state index contributed by atoms with van der Waals surface area (Å²) in [4.78, 5) is 24.2. The summed E-state index contributed by atoms with van der Waals surface area (Å²) in [6.45, 7) is 2.62. The lowest BCUT2D eigenvalue weighted by atomic mass is 10.1. The molecule has 0 radical (unpaired) electrons. The van der Waals surface area contributed by atoms with Gasteiger partial charge in [-0.3, -0.25) is 4.79 Å². The third kappa shape index (κ3) is 3.70. The van der Waals surface area contributed by atoms with Crippen molar-refractivity contribution in [3.8, 4) is 0 Å². The Labute approximate surface area is 174 Å². The third-order valence-corrected chi connectivity index (χ3v) is 5.79. The van der Waals surface area contributed by atoms with Gasteiger partial charge in [0.2, 0.25) is 11.9 Å². The highest BCUT2D eigenvalue weighted by molar-refractivity contribution is 5.86. The van der Waals surface area contributed by atoms with Crippen LogP contribution in [0.4, 0.5) is 17.6 Å². The Bertz CT molecular complexity index is 1040. The van der Waals surface area contributed by atoms with Gasteiger partial charge in [0.05, 0.1) is 6.33 Å². The molecule has 1 amide bonds. The summed E-state index contributed by atoms with van der Waals surface area (Å²) in [6.07, 6.45) is 9.39. The van der Waals surface area contributed by atoms with Crippen molar-refractivity contribution >= 4 is 29.0 Å². The first-order valence-electron chi connectivity index (χ1n) is 10.6. The fourth-order valence-corrected chi connectivity index (χ4v) is 4.29. The molecule has 2 atom stereocenters. The zero-order valence-corrected chi connectivity index (χ0v) is 17.1. The summed E-state index contributed by atoms with van der Waals surface area (Å²) in [6, 6.07) is 3.84. The van der Waals surface area contributed by atoms with Gasteiger partial charge in [0, 0.05) is 38.6 Å². The largest absolute Gasteiger partial charge is 0.350 e. The Morgan fingerprint density at radius 3 is 3.03 bits per heavy atom. The number of anilines is 3. The van der Waals surface area contributed by atoms with E-state index in [0.29, 0.717) is 17.6 Å². The van der Waals surface area contributed by atoms with E-state index in [0.717, 1.165) is 50.8 Å². The van der Waals surface area contributed by atoms with Crippen molar-refractivity contribution in [3.63, 3.8) is 0 Å². The van der Waals surface area contributed by atoms with E-state index in [1.54, 1.807) is 10.8 Å². The Balaban J connectivity index is 1.40. The summed E-state index contributed by atoms with van der Waals surface area (Å²) >= 11 is 0. The summed E-state index contributed by atoms with van der Waals surface area (Å²) in [7, 11) is 1.92. The first kappa shape index (κ1) is 18.9. The van der Waals surface area contributed by atoms with E-state index in [1.807, 2.05) is 41.0 Å². The standard InChI is InChI=1S/C20H27N9O/c1-27-12-17(22-13-27)24-18-15-6-4-10-29(15)26-20(25-18)28-9-3-7-16(28)19(30)23-14-5-2-8-21-11-14/h4,6,10,12-14,16,21H,2-3,5,7-9,11H2,1H3,(H,23,30)(H,24,25,26)/t14-,16?/m1/s1. The quantitative estimate of drug-likeness (QED) is 0.578. The van der Waals surface area contributed by atoms with Crippen LogP contribution < -0.4 is 20.9 Å². The van der Waals surface area contributed by atoms with Crippen molar-refractivity contribution in [3.05, 3.63) is 30.9 Å². The number of nitrogens with one attached hydrogen (secondary N) is 3. The second kappa shape index (κ2) is 7.94. The molecule has 0 aliphatic carbocycles. The molecule has 3 N–H and O–H groups in total. The molecule has 0 spiro atoms. The molecule has 2 saturated heterocycles. The van der Waals surface area contributed by atoms with Crippen LogP contribution in [0.3, 0.4) is 0 Å². The maximum absolute atomic E-state index is 13.0. The zero-order chi connectivity index (χ0) is 20.5. The lowest BCUT2D eigenvalue weighted by Crippen LogP contribution is -2.51. The van der Waals surface area contributed by atoms with E-state index < -0.39 is 0 Å². The fraction of sp³-hybridized carbons (Fsp3) is 0.500. The molecule has 0 bridgehead atoms. The molecule has 3 aromatic heterocycles. The summed E-state index contributed by atoms with van der Waals surface area (Å²) in [5.74, 6) is 2.00. The predicted octanol–water partition coefficient (Wildman–Crippen LogP) is 1.04. The maximum Gasteiger partial charge on any atom is 0.246 e. The first-order chi connectivity index (χ1) is 14.7. The normalized spacial score (nSPS) is 21.8. The van der Waals surface area contributed by atoms with E-state index in [9.17, 15) is 4.79 Å². The van der Waals surface area contributed by atoms with Crippen LogP contribution in [0.25, 0.3) is 5.52 Å². The number of carbonyl (C=O) groups excluding carboxylic acids is 1. The average molecular weight is 409 g/mol. The van der Waals surface area contributed by atoms with Crippen LogP contribution in [-0.2, 0) is 11.8 Å². The second-order valence-electron chi connectivity index (χ2n) is 8.05. The number of carbonyl (C=O) groups is 1. The second-order valence-corrected chi connectivity index (χ2v) is 8.05. The molecular weight excluding hydrogens is 382 g/mol. The average Bonchev–Trinajstić information content (AvgIpc) is 3.49. The van der Waals surface area contributed by atoms with Crippen molar-refractivity contribution in [1.29, 1.82) is 0 Å². The Morgan fingerprint density at radius 1 is 1.30 bits per heavy atom. The molecule has 1 unspecified atom stereocenters. The van der Waals surface area contributed by atoms with Crippen molar-refractivity contribution in [2.24, 2.45) is 7.05 Å². The van der Waals surface area contributed by atoms with Gasteiger partial charge in [-0.2, -0.15) is 4.98 Å². The van der Waals surface area contributed by atoms with Gasteiger partial charge in [-0.25, -0.2) is 9.50 Å². The molecule has 2 aliphatic rings. The highest BCUT2D eigenvalue weighted by Crippen LogP contribution is 2.27.